The lowest BCUT2D eigenvalue weighted by atomic mass is 9.92. The summed E-state index contributed by atoms with van der Waals surface area (Å²) in [6.45, 7) is 7.45. The Hall–Kier alpha value is -1.23. The van der Waals surface area contributed by atoms with Gasteiger partial charge in [-0.15, -0.1) is 0 Å². The summed E-state index contributed by atoms with van der Waals surface area (Å²) in [5.41, 5.74) is 0. The van der Waals surface area contributed by atoms with Crippen LogP contribution in [0.25, 0.3) is 0 Å². The van der Waals surface area contributed by atoms with Crippen LogP contribution in [0, 0.1) is 5.92 Å². The molecular weight excluding hydrogens is 220 g/mol. The first-order chi connectivity index (χ1) is 8.01. The second-order valence-electron chi connectivity index (χ2n) is 4.46. The van der Waals surface area contributed by atoms with Gasteiger partial charge in [0.25, 0.3) is 0 Å². The topological polar surface area (TPSA) is 65.2 Å². The molecule has 0 aliphatic rings. The van der Waals surface area contributed by atoms with E-state index in [-0.39, 0.29) is 23.7 Å². The van der Waals surface area contributed by atoms with Crippen LogP contribution in [0.15, 0.2) is 4.52 Å². The highest BCUT2D eigenvalue weighted by Crippen LogP contribution is 2.26. The highest BCUT2D eigenvalue weighted by molar-refractivity contribution is 5.82. The second kappa shape index (κ2) is 5.91. The van der Waals surface area contributed by atoms with E-state index in [1.54, 1.807) is 14.0 Å². The van der Waals surface area contributed by atoms with E-state index in [0.717, 1.165) is 6.42 Å². The number of nitrogens with zero attached hydrogens (tertiary/aromatic N) is 2. The van der Waals surface area contributed by atoms with Crippen LogP contribution >= 0.6 is 0 Å². The molecule has 0 radical (unpaired) electrons. The molecule has 0 aliphatic heterocycles. The van der Waals surface area contributed by atoms with Crippen LogP contribution < -0.4 is 0 Å². The second-order valence-corrected chi connectivity index (χ2v) is 4.46. The molecule has 5 nitrogen and oxygen atoms in total. The Kier molecular flexibility index (Phi) is 4.81. The minimum Gasteiger partial charge on any atom is -0.373 e. The van der Waals surface area contributed by atoms with Crippen molar-refractivity contribution in [1.82, 2.24) is 10.1 Å². The Morgan fingerprint density at radius 2 is 2.12 bits per heavy atom. The van der Waals surface area contributed by atoms with E-state index in [4.69, 9.17) is 9.26 Å². The minimum absolute atomic E-state index is 0.0423. The summed E-state index contributed by atoms with van der Waals surface area (Å²) in [4.78, 5) is 15.8. The molecule has 0 bridgehead atoms. The SMILES string of the molecule is CCC(OC)c1noc(C(C(C)=O)C(C)C)n1. The molecular formula is C12H20N2O3. The molecule has 0 saturated heterocycles. The first-order valence-corrected chi connectivity index (χ1v) is 5.88. The molecule has 1 rings (SSSR count). The van der Waals surface area contributed by atoms with Crippen molar-refractivity contribution in [3.8, 4) is 0 Å². The van der Waals surface area contributed by atoms with Crippen LogP contribution in [-0.2, 0) is 9.53 Å². The number of hydrogen-bond donors (Lipinski definition) is 0. The molecule has 2 atom stereocenters. The predicted molar refractivity (Wildman–Crippen MR) is 62.6 cm³/mol. The van der Waals surface area contributed by atoms with Gasteiger partial charge in [-0.3, -0.25) is 4.79 Å². The van der Waals surface area contributed by atoms with Crippen LogP contribution in [0.2, 0.25) is 0 Å². The van der Waals surface area contributed by atoms with Crippen molar-refractivity contribution in [2.24, 2.45) is 5.92 Å². The number of carbonyl (C=O) groups is 1. The third-order valence-corrected chi connectivity index (χ3v) is 2.77. The van der Waals surface area contributed by atoms with Gasteiger partial charge in [-0.2, -0.15) is 4.98 Å². The van der Waals surface area contributed by atoms with E-state index in [9.17, 15) is 4.79 Å². The number of Topliss-reactive ketones (excluding diaryl/α,β-unsaturated/α-hetero) is 1. The van der Waals surface area contributed by atoms with Gasteiger partial charge in [-0.1, -0.05) is 25.9 Å². The van der Waals surface area contributed by atoms with Gasteiger partial charge >= 0.3 is 0 Å². The number of carbonyl (C=O) groups excluding carboxylic acids is 1. The van der Waals surface area contributed by atoms with Gasteiger partial charge in [0.2, 0.25) is 11.7 Å². The largest absolute Gasteiger partial charge is 0.373 e. The van der Waals surface area contributed by atoms with Gasteiger partial charge in [-0.05, 0) is 19.3 Å². The molecule has 1 heterocycles. The van der Waals surface area contributed by atoms with Gasteiger partial charge in [0, 0.05) is 7.11 Å². The molecule has 96 valence electrons. The average Bonchev–Trinajstić information content (AvgIpc) is 2.68. The molecule has 0 fully saturated rings. The van der Waals surface area contributed by atoms with Gasteiger partial charge in [0.15, 0.2) is 0 Å². The van der Waals surface area contributed by atoms with Crippen molar-refractivity contribution >= 4 is 5.78 Å². The van der Waals surface area contributed by atoms with Crippen molar-refractivity contribution in [2.75, 3.05) is 7.11 Å². The van der Waals surface area contributed by atoms with Crippen LogP contribution in [0.5, 0.6) is 0 Å². The van der Waals surface area contributed by atoms with Crippen molar-refractivity contribution in [3.05, 3.63) is 11.7 Å². The molecule has 1 aromatic heterocycles. The third-order valence-electron chi connectivity index (χ3n) is 2.77. The Morgan fingerprint density at radius 1 is 1.47 bits per heavy atom. The number of rotatable bonds is 6. The van der Waals surface area contributed by atoms with E-state index in [1.165, 1.54) is 0 Å². The van der Waals surface area contributed by atoms with Crippen molar-refractivity contribution in [2.45, 2.75) is 46.1 Å². The molecule has 17 heavy (non-hydrogen) atoms. The van der Waals surface area contributed by atoms with Gasteiger partial charge < -0.3 is 9.26 Å². The maximum atomic E-state index is 11.5. The fraction of sp³-hybridized carbons (Fsp3) is 0.750. The number of aromatic nitrogens is 2. The molecule has 0 amide bonds. The molecule has 5 heteroatoms. The smallest absolute Gasteiger partial charge is 0.237 e. The van der Waals surface area contributed by atoms with E-state index >= 15 is 0 Å². The van der Waals surface area contributed by atoms with Crippen molar-refractivity contribution in [1.29, 1.82) is 0 Å². The molecule has 0 spiro atoms. The number of ketones is 1. The Labute approximate surface area is 102 Å². The van der Waals surface area contributed by atoms with Crippen molar-refractivity contribution < 1.29 is 14.1 Å². The quantitative estimate of drug-likeness (QED) is 0.764. The first-order valence-electron chi connectivity index (χ1n) is 5.88. The lowest BCUT2D eigenvalue weighted by Crippen LogP contribution is -2.16. The maximum Gasteiger partial charge on any atom is 0.237 e. The highest BCUT2D eigenvalue weighted by atomic mass is 16.5. The summed E-state index contributed by atoms with van der Waals surface area (Å²) in [6, 6.07) is 0. The Morgan fingerprint density at radius 3 is 2.53 bits per heavy atom. The van der Waals surface area contributed by atoms with E-state index in [0.29, 0.717) is 11.7 Å². The zero-order valence-corrected chi connectivity index (χ0v) is 11.1. The van der Waals surface area contributed by atoms with Gasteiger partial charge in [0.05, 0.1) is 5.92 Å². The number of methoxy groups -OCH3 is 1. The zero-order valence-electron chi connectivity index (χ0n) is 11.1. The normalized spacial score (nSPS) is 14.9. The Bertz CT molecular complexity index is 370. The summed E-state index contributed by atoms with van der Waals surface area (Å²) < 4.78 is 10.4. The predicted octanol–water partition coefficient (Wildman–Crippen LogP) is 2.50. The lowest BCUT2D eigenvalue weighted by Gasteiger charge is -2.12. The van der Waals surface area contributed by atoms with E-state index in [2.05, 4.69) is 10.1 Å². The fourth-order valence-corrected chi connectivity index (χ4v) is 1.89. The molecule has 2 unspecified atom stereocenters. The zero-order chi connectivity index (χ0) is 13.0. The van der Waals surface area contributed by atoms with Crippen LogP contribution in [0.1, 0.15) is 57.9 Å². The molecule has 0 saturated carbocycles. The standard InChI is InChI=1S/C12H20N2O3/c1-6-9(16-5)11-13-12(17-14-11)10(7(2)3)8(4)15/h7,9-10H,6H2,1-5H3. The molecule has 0 aromatic carbocycles. The average molecular weight is 240 g/mol. The van der Waals surface area contributed by atoms with Crippen LogP contribution in [-0.4, -0.2) is 23.0 Å². The molecule has 0 N–H and O–H groups in total. The van der Waals surface area contributed by atoms with E-state index < -0.39 is 0 Å². The maximum absolute atomic E-state index is 11.5. The van der Waals surface area contributed by atoms with E-state index in [1.807, 2.05) is 20.8 Å². The van der Waals surface area contributed by atoms with Crippen LogP contribution in [0.4, 0.5) is 0 Å². The third kappa shape index (κ3) is 3.12. The number of ether oxygens (including phenoxy) is 1. The van der Waals surface area contributed by atoms with Gasteiger partial charge in [0.1, 0.15) is 11.9 Å². The van der Waals surface area contributed by atoms with Crippen LogP contribution in [0.3, 0.4) is 0 Å². The summed E-state index contributed by atoms with van der Waals surface area (Å²) in [5.74, 6) is 0.754. The summed E-state index contributed by atoms with van der Waals surface area (Å²) in [5, 5.41) is 3.88. The highest BCUT2D eigenvalue weighted by Gasteiger charge is 2.28. The molecule has 1 aromatic rings. The fourth-order valence-electron chi connectivity index (χ4n) is 1.89. The summed E-state index contributed by atoms with van der Waals surface area (Å²) in [7, 11) is 1.61. The van der Waals surface area contributed by atoms with Gasteiger partial charge in [-0.25, -0.2) is 0 Å². The monoisotopic (exact) mass is 240 g/mol. The Balaban J connectivity index is 2.96. The molecule has 0 aliphatic carbocycles. The number of hydrogen-bond acceptors (Lipinski definition) is 5. The summed E-state index contributed by atoms with van der Waals surface area (Å²) >= 11 is 0. The minimum atomic E-state index is -0.328. The van der Waals surface area contributed by atoms with Crippen molar-refractivity contribution in [3.63, 3.8) is 0 Å². The first kappa shape index (κ1) is 13.8. The summed E-state index contributed by atoms with van der Waals surface area (Å²) in [6.07, 6.45) is 0.592. The lowest BCUT2D eigenvalue weighted by molar-refractivity contribution is -0.119.